The third-order valence-electron chi connectivity index (χ3n) is 6.33. The molecule has 27 heavy (non-hydrogen) atoms. The molecule has 2 atom stereocenters. The van der Waals surface area contributed by atoms with E-state index in [1.54, 1.807) is 12.1 Å². The van der Waals surface area contributed by atoms with Crippen molar-refractivity contribution in [3.05, 3.63) is 29.6 Å². The van der Waals surface area contributed by atoms with Crippen molar-refractivity contribution >= 4 is 36.4 Å². The van der Waals surface area contributed by atoms with Gasteiger partial charge in [-0.2, -0.15) is 0 Å². The zero-order valence-corrected chi connectivity index (χ0v) is 17.2. The number of rotatable bonds is 3. The van der Waals surface area contributed by atoms with Crippen LogP contribution in [0.25, 0.3) is 0 Å². The van der Waals surface area contributed by atoms with Crippen LogP contribution < -0.4 is 16.0 Å². The van der Waals surface area contributed by atoms with Crippen LogP contribution in [-0.4, -0.2) is 31.1 Å². The monoisotopic (exact) mass is 417 g/mol. The van der Waals surface area contributed by atoms with Gasteiger partial charge in [0.05, 0.1) is 5.69 Å². The van der Waals surface area contributed by atoms with Crippen molar-refractivity contribution in [1.29, 1.82) is 0 Å². The van der Waals surface area contributed by atoms with Crippen molar-refractivity contribution in [3.8, 4) is 0 Å². The van der Waals surface area contributed by atoms with Crippen molar-refractivity contribution in [1.82, 2.24) is 5.32 Å². The number of nitrogens with one attached hydrogen (secondary N) is 1. The number of nitrogens with zero attached hydrogens (tertiary/aromatic N) is 1. The Morgan fingerprint density at radius 3 is 2.30 bits per heavy atom. The van der Waals surface area contributed by atoms with Gasteiger partial charge in [-0.25, -0.2) is 4.39 Å². The van der Waals surface area contributed by atoms with E-state index in [2.05, 4.69) is 10.2 Å². The van der Waals surface area contributed by atoms with Gasteiger partial charge in [-0.15, -0.1) is 24.8 Å². The summed E-state index contributed by atoms with van der Waals surface area (Å²) in [5, 5.41) is 3.20. The SMILES string of the molecule is Cl.Cl.NC1CC2CCCC(C1)C2NC(=O)c1ccc(N2CCCC2)c(F)c1. The molecule has 1 aliphatic heterocycles. The van der Waals surface area contributed by atoms with E-state index in [1.165, 1.54) is 12.5 Å². The summed E-state index contributed by atoms with van der Waals surface area (Å²) in [7, 11) is 0. The fourth-order valence-electron chi connectivity index (χ4n) is 5.12. The Morgan fingerprint density at radius 1 is 1.07 bits per heavy atom. The molecule has 2 unspecified atom stereocenters. The summed E-state index contributed by atoms with van der Waals surface area (Å²) < 4.78 is 14.5. The molecule has 1 aromatic carbocycles. The van der Waals surface area contributed by atoms with Crippen LogP contribution in [0.15, 0.2) is 18.2 Å². The lowest BCUT2D eigenvalue weighted by Gasteiger charge is -2.45. The number of hydrogen-bond acceptors (Lipinski definition) is 3. The molecule has 3 fully saturated rings. The number of nitrogens with two attached hydrogens (primary N) is 1. The minimum absolute atomic E-state index is 0. The lowest BCUT2D eigenvalue weighted by Crippen LogP contribution is -2.53. The molecule has 1 amide bonds. The van der Waals surface area contributed by atoms with Crippen molar-refractivity contribution in [2.75, 3.05) is 18.0 Å². The van der Waals surface area contributed by atoms with Gasteiger partial charge in [-0.1, -0.05) is 6.42 Å². The molecular formula is C20H30Cl2FN3O. The summed E-state index contributed by atoms with van der Waals surface area (Å²) in [5.41, 5.74) is 7.20. The van der Waals surface area contributed by atoms with E-state index in [1.807, 2.05) is 0 Å². The van der Waals surface area contributed by atoms with Crippen LogP contribution >= 0.6 is 24.8 Å². The van der Waals surface area contributed by atoms with E-state index in [9.17, 15) is 9.18 Å². The molecule has 1 saturated heterocycles. The molecule has 0 radical (unpaired) electrons. The van der Waals surface area contributed by atoms with Crippen LogP contribution in [0.2, 0.25) is 0 Å². The number of hydrogen-bond donors (Lipinski definition) is 2. The fourth-order valence-corrected chi connectivity index (χ4v) is 5.12. The lowest BCUT2D eigenvalue weighted by molar-refractivity contribution is 0.0755. The number of halogens is 3. The molecule has 2 aliphatic carbocycles. The summed E-state index contributed by atoms with van der Waals surface area (Å²) >= 11 is 0. The first-order valence-corrected chi connectivity index (χ1v) is 9.73. The number of fused-ring (bicyclic) bond motifs is 2. The second kappa shape index (κ2) is 9.44. The molecule has 7 heteroatoms. The Kier molecular flexibility index (Phi) is 7.78. The Morgan fingerprint density at radius 2 is 1.70 bits per heavy atom. The highest BCUT2D eigenvalue weighted by Gasteiger charge is 2.40. The van der Waals surface area contributed by atoms with E-state index < -0.39 is 0 Å². The average molecular weight is 418 g/mol. The van der Waals surface area contributed by atoms with E-state index in [0.717, 1.165) is 51.6 Å². The highest BCUT2D eigenvalue weighted by molar-refractivity contribution is 5.94. The summed E-state index contributed by atoms with van der Waals surface area (Å²) in [5.74, 6) is 0.505. The predicted octanol–water partition coefficient (Wildman–Crippen LogP) is 3.91. The van der Waals surface area contributed by atoms with Crippen molar-refractivity contribution in [3.63, 3.8) is 0 Å². The van der Waals surface area contributed by atoms with Gasteiger partial charge in [-0.05, 0) is 68.6 Å². The maximum Gasteiger partial charge on any atom is 0.251 e. The first-order chi connectivity index (χ1) is 12.1. The number of carbonyl (C=O) groups excluding carboxylic acids is 1. The zero-order valence-electron chi connectivity index (χ0n) is 15.5. The van der Waals surface area contributed by atoms with Gasteiger partial charge in [0.1, 0.15) is 5.82 Å². The van der Waals surface area contributed by atoms with E-state index >= 15 is 0 Å². The van der Waals surface area contributed by atoms with Gasteiger partial charge in [0.25, 0.3) is 5.91 Å². The Bertz CT molecular complexity index is 640. The molecule has 1 aromatic rings. The number of amides is 1. The van der Waals surface area contributed by atoms with Gasteiger partial charge in [-0.3, -0.25) is 4.79 Å². The minimum atomic E-state index is -0.291. The standard InChI is InChI=1S/C20H28FN3O.2ClH/c21-17-12-15(6-7-18(17)24-8-1-2-9-24)20(25)23-19-13-4-3-5-14(19)11-16(22)10-13;;/h6-7,12-14,16,19H,1-5,8-11,22H2,(H,23,25);2*1H. The Balaban J connectivity index is 0.00000131. The summed E-state index contributed by atoms with van der Waals surface area (Å²) in [6, 6.07) is 5.37. The van der Waals surface area contributed by atoms with Crippen LogP contribution in [0.4, 0.5) is 10.1 Å². The smallest absolute Gasteiger partial charge is 0.251 e. The first-order valence-electron chi connectivity index (χ1n) is 9.73. The highest BCUT2D eigenvalue weighted by atomic mass is 35.5. The molecule has 4 nitrogen and oxygen atoms in total. The summed E-state index contributed by atoms with van der Waals surface area (Å²) in [6.45, 7) is 1.79. The van der Waals surface area contributed by atoms with Gasteiger partial charge in [0.15, 0.2) is 0 Å². The Labute approximate surface area is 173 Å². The third kappa shape index (κ3) is 4.69. The number of anilines is 1. The normalized spacial score (nSPS) is 29.5. The summed E-state index contributed by atoms with van der Waals surface area (Å²) in [6.07, 6.45) is 7.69. The first kappa shape index (κ1) is 22.3. The minimum Gasteiger partial charge on any atom is -0.369 e. The van der Waals surface area contributed by atoms with Crippen LogP contribution in [0.3, 0.4) is 0 Å². The van der Waals surface area contributed by atoms with Crippen LogP contribution in [-0.2, 0) is 0 Å². The molecular weight excluding hydrogens is 388 g/mol. The van der Waals surface area contributed by atoms with Crippen molar-refractivity contribution in [2.45, 2.75) is 57.0 Å². The third-order valence-corrected chi connectivity index (χ3v) is 6.33. The number of benzene rings is 1. The van der Waals surface area contributed by atoms with Gasteiger partial charge < -0.3 is 16.0 Å². The second-order valence-electron chi connectivity index (χ2n) is 8.04. The van der Waals surface area contributed by atoms with Gasteiger partial charge >= 0.3 is 0 Å². The van der Waals surface area contributed by atoms with Crippen molar-refractivity contribution < 1.29 is 9.18 Å². The van der Waals surface area contributed by atoms with E-state index in [0.29, 0.717) is 23.1 Å². The van der Waals surface area contributed by atoms with Gasteiger partial charge in [0, 0.05) is 30.7 Å². The maximum atomic E-state index is 14.5. The van der Waals surface area contributed by atoms with Crippen LogP contribution in [0.5, 0.6) is 0 Å². The summed E-state index contributed by atoms with van der Waals surface area (Å²) in [4.78, 5) is 14.7. The van der Waals surface area contributed by atoms with E-state index in [4.69, 9.17) is 5.73 Å². The number of carbonyl (C=O) groups is 1. The molecule has 3 N–H and O–H groups in total. The molecule has 0 aromatic heterocycles. The molecule has 152 valence electrons. The topological polar surface area (TPSA) is 58.4 Å². The molecule has 3 aliphatic rings. The quantitative estimate of drug-likeness (QED) is 0.783. The molecule has 2 saturated carbocycles. The second-order valence-corrected chi connectivity index (χ2v) is 8.04. The molecule has 0 spiro atoms. The molecule has 2 bridgehead atoms. The Hall–Kier alpha value is -1.04. The van der Waals surface area contributed by atoms with Crippen LogP contribution in [0, 0.1) is 17.7 Å². The maximum absolute atomic E-state index is 14.5. The average Bonchev–Trinajstić information content (AvgIpc) is 3.09. The fraction of sp³-hybridized carbons (Fsp3) is 0.650. The van der Waals surface area contributed by atoms with E-state index in [-0.39, 0.29) is 48.6 Å². The zero-order chi connectivity index (χ0) is 17.4. The molecule has 4 rings (SSSR count). The molecule has 1 heterocycles. The van der Waals surface area contributed by atoms with Crippen LogP contribution in [0.1, 0.15) is 55.3 Å². The predicted molar refractivity (Wildman–Crippen MR) is 112 cm³/mol. The highest BCUT2D eigenvalue weighted by Crippen LogP contribution is 2.39. The van der Waals surface area contributed by atoms with Crippen molar-refractivity contribution in [2.24, 2.45) is 17.6 Å². The lowest BCUT2D eigenvalue weighted by atomic mass is 9.67. The largest absolute Gasteiger partial charge is 0.369 e. The van der Waals surface area contributed by atoms with Gasteiger partial charge in [0.2, 0.25) is 0 Å².